The minimum Gasteiger partial charge on any atom is -0.507 e. The van der Waals surface area contributed by atoms with Gasteiger partial charge in [0.1, 0.15) is 17.3 Å². The van der Waals surface area contributed by atoms with Crippen LogP contribution < -0.4 is 4.74 Å². The standard InChI is InChI=1S/C26H31BrN2O5/c1-4-28(5-2)14-7-15-29-23(17-8-11-19(12-9-17)34-6-3)22(25(32)26(29)33)24(31)20-16-18(27)10-13-21(20)30/h8-13,16,23,30-31H,4-7,14-15H2,1-3H3/t23-/m0/s1. The second kappa shape index (κ2) is 11.5. The highest BCUT2D eigenvalue weighted by Crippen LogP contribution is 2.41. The van der Waals surface area contributed by atoms with Gasteiger partial charge in [0.25, 0.3) is 11.7 Å². The third-order valence-corrected chi connectivity index (χ3v) is 6.52. The van der Waals surface area contributed by atoms with Crippen LogP contribution in [0.3, 0.4) is 0 Å². The summed E-state index contributed by atoms with van der Waals surface area (Å²) >= 11 is 3.33. The Hall–Kier alpha value is -2.84. The lowest BCUT2D eigenvalue weighted by atomic mass is 9.95. The van der Waals surface area contributed by atoms with Crippen molar-refractivity contribution >= 4 is 33.4 Å². The fourth-order valence-corrected chi connectivity index (χ4v) is 4.58. The van der Waals surface area contributed by atoms with Crippen molar-refractivity contribution in [3.8, 4) is 11.5 Å². The number of nitrogens with zero attached hydrogens (tertiary/aromatic N) is 2. The molecule has 7 nitrogen and oxygen atoms in total. The van der Waals surface area contributed by atoms with Crippen LogP contribution in [-0.2, 0) is 9.59 Å². The van der Waals surface area contributed by atoms with E-state index in [4.69, 9.17) is 4.74 Å². The molecule has 0 spiro atoms. The Morgan fingerprint density at radius 3 is 2.38 bits per heavy atom. The van der Waals surface area contributed by atoms with E-state index in [1.165, 1.54) is 17.0 Å². The number of benzene rings is 2. The molecule has 0 radical (unpaired) electrons. The topological polar surface area (TPSA) is 90.3 Å². The van der Waals surface area contributed by atoms with E-state index in [9.17, 15) is 19.8 Å². The average molecular weight is 531 g/mol. The summed E-state index contributed by atoms with van der Waals surface area (Å²) < 4.78 is 6.15. The van der Waals surface area contributed by atoms with Crippen molar-refractivity contribution in [2.75, 3.05) is 32.8 Å². The van der Waals surface area contributed by atoms with Gasteiger partial charge in [0.15, 0.2) is 0 Å². The van der Waals surface area contributed by atoms with Gasteiger partial charge in [-0.15, -0.1) is 0 Å². The lowest BCUT2D eigenvalue weighted by Crippen LogP contribution is -2.33. The number of likely N-dealkylation sites (tertiary alicyclic amines) is 1. The number of carbonyl (C=O) groups is 2. The highest BCUT2D eigenvalue weighted by atomic mass is 79.9. The zero-order valence-electron chi connectivity index (χ0n) is 19.8. The van der Waals surface area contributed by atoms with Gasteiger partial charge in [-0.05, 0) is 68.9 Å². The molecule has 1 atom stereocenters. The largest absolute Gasteiger partial charge is 0.507 e. The number of ether oxygens (including phenoxy) is 1. The molecule has 0 unspecified atom stereocenters. The van der Waals surface area contributed by atoms with E-state index in [0.29, 0.717) is 35.4 Å². The fraction of sp³-hybridized carbons (Fsp3) is 0.385. The van der Waals surface area contributed by atoms with Crippen LogP contribution in [0.5, 0.6) is 11.5 Å². The minimum absolute atomic E-state index is 0.0367. The zero-order chi connectivity index (χ0) is 24.8. The van der Waals surface area contributed by atoms with E-state index in [2.05, 4.69) is 34.7 Å². The maximum atomic E-state index is 13.2. The molecule has 1 heterocycles. The average Bonchev–Trinajstić information content (AvgIpc) is 3.08. The van der Waals surface area contributed by atoms with Crippen molar-refractivity contribution in [1.29, 1.82) is 0 Å². The Morgan fingerprint density at radius 1 is 1.09 bits per heavy atom. The Morgan fingerprint density at radius 2 is 1.76 bits per heavy atom. The van der Waals surface area contributed by atoms with Crippen LogP contribution in [0.15, 0.2) is 52.5 Å². The van der Waals surface area contributed by atoms with Gasteiger partial charge in [0, 0.05) is 11.0 Å². The van der Waals surface area contributed by atoms with Crippen molar-refractivity contribution < 1.29 is 24.5 Å². The molecule has 0 aliphatic carbocycles. The number of Topliss-reactive ketones (excluding diaryl/α,β-unsaturated/α-hetero) is 1. The van der Waals surface area contributed by atoms with Gasteiger partial charge < -0.3 is 24.7 Å². The van der Waals surface area contributed by atoms with Gasteiger partial charge in [-0.3, -0.25) is 9.59 Å². The predicted molar refractivity (Wildman–Crippen MR) is 135 cm³/mol. The first-order valence-electron chi connectivity index (χ1n) is 11.5. The molecule has 0 bridgehead atoms. The summed E-state index contributed by atoms with van der Waals surface area (Å²) in [6.07, 6.45) is 0.685. The van der Waals surface area contributed by atoms with Crippen LogP contribution in [0.4, 0.5) is 0 Å². The summed E-state index contributed by atoms with van der Waals surface area (Å²) in [5, 5.41) is 21.5. The molecule has 2 aromatic rings. The van der Waals surface area contributed by atoms with E-state index in [1.807, 2.05) is 6.92 Å². The Balaban J connectivity index is 2.06. The number of halogens is 1. The van der Waals surface area contributed by atoms with Crippen LogP contribution in [0.1, 0.15) is 44.4 Å². The van der Waals surface area contributed by atoms with Crippen LogP contribution in [0, 0.1) is 0 Å². The van der Waals surface area contributed by atoms with Crippen LogP contribution in [-0.4, -0.2) is 64.5 Å². The number of hydrogen-bond donors (Lipinski definition) is 2. The molecule has 2 aromatic carbocycles. The monoisotopic (exact) mass is 530 g/mol. The summed E-state index contributed by atoms with van der Waals surface area (Å²) in [6, 6.07) is 11.0. The number of rotatable bonds is 10. The van der Waals surface area contributed by atoms with Gasteiger partial charge >= 0.3 is 0 Å². The molecule has 1 aliphatic heterocycles. The quantitative estimate of drug-likeness (QED) is 0.262. The van der Waals surface area contributed by atoms with E-state index >= 15 is 0 Å². The summed E-state index contributed by atoms with van der Waals surface area (Å²) in [7, 11) is 0. The summed E-state index contributed by atoms with van der Waals surface area (Å²) in [5.41, 5.74) is 0.735. The zero-order valence-corrected chi connectivity index (χ0v) is 21.3. The Labute approximate surface area is 208 Å². The molecule has 182 valence electrons. The lowest BCUT2D eigenvalue weighted by Gasteiger charge is -2.27. The molecule has 1 aliphatic rings. The van der Waals surface area contributed by atoms with Gasteiger partial charge in [-0.2, -0.15) is 0 Å². The van der Waals surface area contributed by atoms with Crippen LogP contribution >= 0.6 is 15.9 Å². The number of aliphatic hydroxyl groups excluding tert-OH is 1. The van der Waals surface area contributed by atoms with Crippen LogP contribution in [0.25, 0.3) is 5.76 Å². The minimum atomic E-state index is -0.772. The van der Waals surface area contributed by atoms with Gasteiger partial charge in [0.05, 0.1) is 23.8 Å². The number of hydrogen-bond acceptors (Lipinski definition) is 6. The van der Waals surface area contributed by atoms with Gasteiger partial charge in [-0.25, -0.2) is 0 Å². The highest BCUT2D eigenvalue weighted by Gasteiger charge is 2.46. The maximum Gasteiger partial charge on any atom is 0.295 e. The number of phenolic OH excluding ortho intramolecular Hbond substituents is 1. The molecular weight excluding hydrogens is 500 g/mol. The molecule has 1 amide bonds. The Bertz CT molecular complexity index is 1060. The first-order valence-corrected chi connectivity index (χ1v) is 12.3. The first kappa shape index (κ1) is 25.8. The summed E-state index contributed by atoms with van der Waals surface area (Å²) in [5.74, 6) is -1.33. The SMILES string of the molecule is CCOc1ccc([C@H]2C(=C(O)c3cc(Br)ccc3O)C(=O)C(=O)N2CCCN(CC)CC)cc1. The van der Waals surface area contributed by atoms with Crippen molar-refractivity contribution in [3.05, 3.63) is 63.6 Å². The van der Waals surface area contributed by atoms with E-state index in [-0.39, 0.29) is 16.9 Å². The number of carbonyl (C=O) groups excluding carboxylic acids is 2. The molecule has 0 aromatic heterocycles. The normalized spacial score (nSPS) is 17.6. The molecular formula is C26H31BrN2O5. The number of aliphatic hydroxyl groups is 1. The van der Waals surface area contributed by atoms with E-state index in [0.717, 1.165) is 19.6 Å². The molecule has 8 heteroatoms. The number of amides is 1. The van der Waals surface area contributed by atoms with Crippen LogP contribution in [0.2, 0.25) is 0 Å². The molecule has 0 saturated carbocycles. The molecule has 1 fully saturated rings. The smallest absolute Gasteiger partial charge is 0.295 e. The first-order chi connectivity index (χ1) is 16.3. The van der Waals surface area contributed by atoms with Gasteiger partial charge in [-0.1, -0.05) is 41.9 Å². The predicted octanol–water partition coefficient (Wildman–Crippen LogP) is 4.71. The Kier molecular flexibility index (Phi) is 8.74. The fourth-order valence-electron chi connectivity index (χ4n) is 4.22. The third kappa shape index (κ3) is 5.45. The second-order valence-electron chi connectivity index (χ2n) is 8.04. The number of aromatic hydroxyl groups is 1. The summed E-state index contributed by atoms with van der Waals surface area (Å²) in [4.78, 5) is 30.0. The number of phenols is 1. The number of ketones is 1. The second-order valence-corrected chi connectivity index (χ2v) is 8.95. The van der Waals surface area contributed by atoms with Crippen molar-refractivity contribution in [2.45, 2.75) is 33.2 Å². The molecule has 2 N–H and O–H groups in total. The molecule has 1 saturated heterocycles. The van der Waals surface area contributed by atoms with Gasteiger partial charge in [0.2, 0.25) is 0 Å². The van der Waals surface area contributed by atoms with E-state index < -0.39 is 23.5 Å². The summed E-state index contributed by atoms with van der Waals surface area (Å²) in [6.45, 7) is 9.53. The lowest BCUT2D eigenvalue weighted by molar-refractivity contribution is -0.140. The van der Waals surface area contributed by atoms with Crippen molar-refractivity contribution in [3.63, 3.8) is 0 Å². The third-order valence-electron chi connectivity index (χ3n) is 6.03. The highest BCUT2D eigenvalue weighted by molar-refractivity contribution is 9.10. The maximum absolute atomic E-state index is 13.2. The van der Waals surface area contributed by atoms with Crippen molar-refractivity contribution in [2.24, 2.45) is 0 Å². The molecule has 3 rings (SSSR count). The molecule has 34 heavy (non-hydrogen) atoms. The van der Waals surface area contributed by atoms with E-state index in [1.54, 1.807) is 30.3 Å². The van der Waals surface area contributed by atoms with Crippen molar-refractivity contribution in [1.82, 2.24) is 9.80 Å².